The average molecular weight is 405 g/mol. The Balaban J connectivity index is 1.93. The molecule has 0 radical (unpaired) electrons. The minimum absolute atomic E-state index is 0.0108. The molecule has 2 amide bonds. The van der Waals surface area contributed by atoms with E-state index in [1.54, 1.807) is 7.05 Å². The summed E-state index contributed by atoms with van der Waals surface area (Å²) in [6, 6.07) is 11.4. The second kappa shape index (κ2) is 9.82. The maximum absolute atomic E-state index is 12.2. The molecular formula is C19H21ClN4O4. The van der Waals surface area contributed by atoms with Gasteiger partial charge < -0.3 is 10.6 Å². The predicted molar refractivity (Wildman–Crippen MR) is 109 cm³/mol. The molecule has 0 atom stereocenters. The number of amides is 2. The Kier molecular flexibility index (Phi) is 7.48. The number of likely N-dealkylation sites (N-methyl/N-ethyl adjacent to an activating group) is 1. The normalized spacial score (nSPS) is 10.6. The molecule has 9 heteroatoms. The number of nitrogens with zero attached hydrogens (tertiary/aromatic N) is 2. The standard InChI is InChI=1S/C19H21ClN4O4/c1-3-13-6-4-5-7-15(13)21-18(25)11-23(2)12-19(26)22-16-10-14(20)8-9-17(16)24(27)28/h4-10H,3,11-12H2,1-2H3,(H,21,25)(H,22,26). The zero-order valence-corrected chi connectivity index (χ0v) is 16.3. The number of hydrogen-bond donors (Lipinski definition) is 2. The molecule has 0 aliphatic heterocycles. The van der Waals surface area contributed by atoms with Gasteiger partial charge in [0.05, 0.1) is 18.0 Å². The monoisotopic (exact) mass is 404 g/mol. The Morgan fingerprint density at radius 3 is 2.29 bits per heavy atom. The van der Waals surface area contributed by atoms with Crippen molar-refractivity contribution in [2.45, 2.75) is 13.3 Å². The summed E-state index contributed by atoms with van der Waals surface area (Å²) in [5.41, 5.74) is 1.51. The van der Waals surface area contributed by atoms with Crippen LogP contribution in [0.15, 0.2) is 42.5 Å². The smallest absolute Gasteiger partial charge is 0.292 e. The molecular weight excluding hydrogens is 384 g/mol. The van der Waals surface area contributed by atoms with Crippen molar-refractivity contribution in [3.05, 3.63) is 63.2 Å². The highest BCUT2D eigenvalue weighted by Crippen LogP contribution is 2.27. The first-order valence-electron chi connectivity index (χ1n) is 8.60. The Labute approximate surface area is 167 Å². The zero-order valence-electron chi connectivity index (χ0n) is 15.6. The van der Waals surface area contributed by atoms with E-state index in [1.165, 1.54) is 23.1 Å². The number of rotatable bonds is 8. The van der Waals surface area contributed by atoms with Gasteiger partial charge in [-0.2, -0.15) is 0 Å². The molecule has 0 saturated heterocycles. The summed E-state index contributed by atoms with van der Waals surface area (Å²) in [6.07, 6.45) is 0.785. The largest absolute Gasteiger partial charge is 0.325 e. The Morgan fingerprint density at radius 2 is 1.68 bits per heavy atom. The van der Waals surface area contributed by atoms with Crippen molar-refractivity contribution in [3.63, 3.8) is 0 Å². The summed E-state index contributed by atoms with van der Waals surface area (Å²) in [7, 11) is 1.61. The fourth-order valence-electron chi connectivity index (χ4n) is 2.64. The molecule has 0 fully saturated rings. The minimum atomic E-state index is -0.603. The van der Waals surface area contributed by atoms with Crippen LogP contribution in [0.4, 0.5) is 17.1 Å². The van der Waals surface area contributed by atoms with Gasteiger partial charge in [0.2, 0.25) is 11.8 Å². The van der Waals surface area contributed by atoms with Gasteiger partial charge in [0.25, 0.3) is 5.69 Å². The number of nitro benzene ring substituents is 1. The van der Waals surface area contributed by atoms with E-state index in [0.29, 0.717) is 0 Å². The van der Waals surface area contributed by atoms with Crippen molar-refractivity contribution in [1.29, 1.82) is 0 Å². The topological polar surface area (TPSA) is 105 Å². The maximum Gasteiger partial charge on any atom is 0.292 e. The van der Waals surface area contributed by atoms with Gasteiger partial charge in [-0.1, -0.05) is 36.7 Å². The number of carbonyl (C=O) groups excluding carboxylic acids is 2. The number of aryl methyl sites for hydroxylation is 1. The lowest BCUT2D eigenvalue weighted by molar-refractivity contribution is -0.383. The van der Waals surface area contributed by atoms with E-state index in [9.17, 15) is 19.7 Å². The SMILES string of the molecule is CCc1ccccc1NC(=O)CN(C)CC(=O)Nc1cc(Cl)ccc1[N+](=O)[O-]. The van der Waals surface area contributed by atoms with E-state index < -0.39 is 10.8 Å². The van der Waals surface area contributed by atoms with E-state index in [4.69, 9.17) is 11.6 Å². The lowest BCUT2D eigenvalue weighted by atomic mass is 10.1. The lowest BCUT2D eigenvalue weighted by Gasteiger charge is -2.17. The highest BCUT2D eigenvalue weighted by molar-refractivity contribution is 6.31. The van der Waals surface area contributed by atoms with Crippen LogP contribution in [0.1, 0.15) is 12.5 Å². The molecule has 0 heterocycles. The van der Waals surface area contributed by atoms with Gasteiger partial charge in [-0.25, -0.2) is 0 Å². The Morgan fingerprint density at radius 1 is 1.07 bits per heavy atom. The molecule has 0 aliphatic carbocycles. The van der Waals surface area contributed by atoms with Gasteiger partial charge in [-0.3, -0.25) is 24.6 Å². The molecule has 148 valence electrons. The zero-order chi connectivity index (χ0) is 20.7. The first kappa shape index (κ1) is 21.3. The molecule has 0 saturated carbocycles. The summed E-state index contributed by atoms with van der Waals surface area (Å²) in [4.78, 5) is 36.4. The second-order valence-corrected chi connectivity index (χ2v) is 6.63. The third kappa shape index (κ3) is 6.04. The first-order chi connectivity index (χ1) is 13.3. The van der Waals surface area contributed by atoms with Crippen LogP contribution in [0.3, 0.4) is 0 Å². The van der Waals surface area contributed by atoms with Crippen molar-refractivity contribution >= 4 is 40.5 Å². The van der Waals surface area contributed by atoms with E-state index in [2.05, 4.69) is 10.6 Å². The molecule has 0 aromatic heterocycles. The van der Waals surface area contributed by atoms with Crippen LogP contribution in [-0.2, 0) is 16.0 Å². The molecule has 2 aromatic carbocycles. The van der Waals surface area contributed by atoms with Gasteiger partial charge in [-0.15, -0.1) is 0 Å². The van der Waals surface area contributed by atoms with Crippen molar-refractivity contribution in [3.8, 4) is 0 Å². The van der Waals surface area contributed by atoms with Crippen LogP contribution in [0.2, 0.25) is 5.02 Å². The lowest BCUT2D eigenvalue weighted by Crippen LogP contribution is -2.36. The number of anilines is 2. The van der Waals surface area contributed by atoms with Crippen molar-refractivity contribution in [2.75, 3.05) is 30.8 Å². The van der Waals surface area contributed by atoms with E-state index in [1.807, 2.05) is 31.2 Å². The molecule has 2 N–H and O–H groups in total. The number of benzene rings is 2. The highest BCUT2D eigenvalue weighted by Gasteiger charge is 2.18. The Bertz CT molecular complexity index is 888. The Hall–Kier alpha value is -2.97. The van der Waals surface area contributed by atoms with Crippen molar-refractivity contribution < 1.29 is 14.5 Å². The summed E-state index contributed by atoms with van der Waals surface area (Å²) in [5.74, 6) is -0.750. The molecule has 0 unspecified atom stereocenters. The van der Waals surface area contributed by atoms with Crippen LogP contribution in [0.25, 0.3) is 0 Å². The van der Waals surface area contributed by atoms with Crippen LogP contribution >= 0.6 is 11.6 Å². The third-order valence-corrected chi connectivity index (χ3v) is 4.16. The van der Waals surface area contributed by atoms with Gasteiger partial charge >= 0.3 is 0 Å². The van der Waals surface area contributed by atoms with Crippen LogP contribution in [-0.4, -0.2) is 41.8 Å². The highest BCUT2D eigenvalue weighted by atomic mass is 35.5. The maximum atomic E-state index is 12.2. The van der Waals surface area contributed by atoms with E-state index in [0.717, 1.165) is 17.7 Å². The predicted octanol–water partition coefficient (Wildman–Crippen LogP) is 3.32. The number of hydrogen-bond acceptors (Lipinski definition) is 5. The fraction of sp³-hybridized carbons (Fsp3) is 0.263. The van der Waals surface area contributed by atoms with Crippen LogP contribution in [0, 0.1) is 10.1 Å². The number of halogens is 1. The molecule has 0 aliphatic rings. The van der Waals surface area contributed by atoms with Gasteiger partial charge in [-0.05, 0) is 37.2 Å². The van der Waals surface area contributed by atoms with E-state index >= 15 is 0 Å². The van der Waals surface area contributed by atoms with Crippen LogP contribution < -0.4 is 10.6 Å². The first-order valence-corrected chi connectivity index (χ1v) is 8.98. The van der Waals surface area contributed by atoms with Gasteiger partial charge in [0, 0.05) is 16.8 Å². The number of nitrogens with one attached hydrogen (secondary N) is 2. The summed E-state index contributed by atoms with van der Waals surface area (Å²) >= 11 is 5.84. The number of para-hydroxylation sites is 1. The van der Waals surface area contributed by atoms with Gasteiger partial charge in [0.15, 0.2) is 0 Å². The quantitative estimate of drug-likeness (QED) is 0.518. The molecule has 2 aromatic rings. The van der Waals surface area contributed by atoms with Gasteiger partial charge in [0.1, 0.15) is 5.69 Å². The molecule has 8 nitrogen and oxygen atoms in total. The number of nitro groups is 1. The van der Waals surface area contributed by atoms with Crippen molar-refractivity contribution in [2.24, 2.45) is 0 Å². The van der Waals surface area contributed by atoms with Crippen molar-refractivity contribution in [1.82, 2.24) is 4.90 Å². The summed E-state index contributed by atoms with van der Waals surface area (Å²) in [5, 5.41) is 16.6. The summed E-state index contributed by atoms with van der Waals surface area (Å²) < 4.78 is 0. The molecule has 0 spiro atoms. The number of carbonyl (C=O) groups is 2. The minimum Gasteiger partial charge on any atom is -0.325 e. The molecule has 0 bridgehead atoms. The average Bonchev–Trinajstić information content (AvgIpc) is 2.61. The third-order valence-electron chi connectivity index (χ3n) is 3.93. The fourth-order valence-corrected chi connectivity index (χ4v) is 2.82. The molecule has 28 heavy (non-hydrogen) atoms. The van der Waals surface area contributed by atoms with Crippen LogP contribution in [0.5, 0.6) is 0 Å². The molecule has 2 rings (SSSR count). The van der Waals surface area contributed by atoms with E-state index in [-0.39, 0.29) is 35.4 Å². The second-order valence-electron chi connectivity index (χ2n) is 6.20. The summed E-state index contributed by atoms with van der Waals surface area (Å²) in [6.45, 7) is 1.87.